The van der Waals surface area contributed by atoms with Crippen molar-refractivity contribution in [2.45, 2.75) is 6.42 Å². The molecule has 6 heteroatoms. The number of ether oxygens (including phenoxy) is 1. The first kappa shape index (κ1) is 16.7. The second kappa shape index (κ2) is 7.61. The molecular formula is C19H18FN3O2. The zero-order valence-corrected chi connectivity index (χ0v) is 13.8. The van der Waals surface area contributed by atoms with Gasteiger partial charge in [-0.2, -0.15) is 0 Å². The van der Waals surface area contributed by atoms with Gasteiger partial charge in [0.2, 0.25) is 5.95 Å². The zero-order chi connectivity index (χ0) is 17.6. The van der Waals surface area contributed by atoms with Gasteiger partial charge in [0.15, 0.2) is 0 Å². The van der Waals surface area contributed by atoms with Gasteiger partial charge < -0.3 is 10.1 Å². The summed E-state index contributed by atoms with van der Waals surface area (Å²) in [5, 5.41) is 3.11. The lowest BCUT2D eigenvalue weighted by Gasteiger charge is -2.08. The van der Waals surface area contributed by atoms with E-state index in [-0.39, 0.29) is 11.4 Å². The summed E-state index contributed by atoms with van der Waals surface area (Å²) in [5.41, 5.74) is 2.06. The van der Waals surface area contributed by atoms with Gasteiger partial charge in [0.05, 0.1) is 12.8 Å². The van der Waals surface area contributed by atoms with Crippen molar-refractivity contribution in [2.24, 2.45) is 0 Å². The molecule has 0 saturated carbocycles. The molecule has 25 heavy (non-hydrogen) atoms. The normalized spacial score (nSPS) is 10.5. The van der Waals surface area contributed by atoms with Crippen LogP contribution in [0.1, 0.15) is 5.56 Å². The van der Waals surface area contributed by atoms with E-state index in [1.165, 1.54) is 18.2 Å². The zero-order valence-electron chi connectivity index (χ0n) is 13.8. The molecule has 0 atom stereocenters. The quantitative estimate of drug-likeness (QED) is 0.723. The van der Waals surface area contributed by atoms with Gasteiger partial charge in [0.1, 0.15) is 11.6 Å². The molecule has 2 aromatic carbocycles. The van der Waals surface area contributed by atoms with Crippen LogP contribution in [0.5, 0.6) is 5.75 Å². The second-order valence-corrected chi connectivity index (χ2v) is 5.51. The predicted octanol–water partition coefficient (Wildman–Crippen LogP) is 3.24. The molecule has 128 valence electrons. The van der Waals surface area contributed by atoms with Gasteiger partial charge in [-0.1, -0.05) is 12.1 Å². The van der Waals surface area contributed by atoms with Crippen molar-refractivity contribution < 1.29 is 9.13 Å². The number of anilines is 1. The van der Waals surface area contributed by atoms with Crippen LogP contribution in [0.4, 0.5) is 10.3 Å². The van der Waals surface area contributed by atoms with Crippen LogP contribution in [0.2, 0.25) is 0 Å². The summed E-state index contributed by atoms with van der Waals surface area (Å²) in [7, 11) is 1.63. The number of methoxy groups -OCH3 is 1. The summed E-state index contributed by atoms with van der Waals surface area (Å²) < 4.78 is 18.2. The Labute approximate surface area is 144 Å². The summed E-state index contributed by atoms with van der Waals surface area (Å²) in [6.07, 6.45) is 0.772. The van der Waals surface area contributed by atoms with Crippen LogP contribution in [0.25, 0.3) is 11.3 Å². The molecule has 0 amide bonds. The maximum Gasteiger partial charge on any atom is 0.252 e. The number of halogens is 1. The minimum absolute atomic E-state index is 0.263. The number of aromatic nitrogens is 2. The SMILES string of the molecule is COc1ccc(CCNc2nc(-c3ccc(F)cc3)cc(=O)[nH]2)cc1. The number of rotatable bonds is 6. The first-order valence-corrected chi connectivity index (χ1v) is 7.88. The Morgan fingerprint density at radius 3 is 2.52 bits per heavy atom. The minimum Gasteiger partial charge on any atom is -0.497 e. The molecule has 3 rings (SSSR count). The van der Waals surface area contributed by atoms with Crippen molar-refractivity contribution in [3.63, 3.8) is 0 Å². The highest BCUT2D eigenvalue weighted by atomic mass is 19.1. The molecule has 0 saturated heterocycles. The van der Waals surface area contributed by atoms with Gasteiger partial charge in [-0.3, -0.25) is 9.78 Å². The average molecular weight is 339 g/mol. The molecule has 3 aromatic rings. The smallest absolute Gasteiger partial charge is 0.252 e. The van der Waals surface area contributed by atoms with E-state index in [2.05, 4.69) is 15.3 Å². The van der Waals surface area contributed by atoms with Crippen LogP contribution >= 0.6 is 0 Å². The van der Waals surface area contributed by atoms with E-state index in [9.17, 15) is 9.18 Å². The maximum absolute atomic E-state index is 13.0. The molecule has 0 aliphatic rings. The van der Waals surface area contributed by atoms with E-state index in [4.69, 9.17) is 4.74 Å². The third-order valence-electron chi connectivity index (χ3n) is 3.75. The third-order valence-corrected chi connectivity index (χ3v) is 3.75. The molecular weight excluding hydrogens is 321 g/mol. The number of hydrogen-bond donors (Lipinski definition) is 2. The number of hydrogen-bond acceptors (Lipinski definition) is 4. The van der Waals surface area contributed by atoms with Crippen LogP contribution in [0, 0.1) is 5.82 Å². The first-order valence-electron chi connectivity index (χ1n) is 7.88. The fraction of sp³-hybridized carbons (Fsp3) is 0.158. The van der Waals surface area contributed by atoms with Crippen molar-refractivity contribution >= 4 is 5.95 Å². The maximum atomic E-state index is 13.0. The molecule has 1 aromatic heterocycles. The van der Waals surface area contributed by atoms with E-state index in [1.807, 2.05) is 24.3 Å². The van der Waals surface area contributed by atoms with Crippen molar-refractivity contribution in [3.05, 3.63) is 76.3 Å². The molecule has 5 nitrogen and oxygen atoms in total. The number of nitrogens with zero attached hydrogens (tertiary/aromatic N) is 1. The number of nitrogens with one attached hydrogen (secondary N) is 2. The molecule has 0 aliphatic heterocycles. The number of H-pyrrole nitrogens is 1. The van der Waals surface area contributed by atoms with Crippen LogP contribution in [-0.4, -0.2) is 23.6 Å². The first-order chi connectivity index (χ1) is 12.1. The summed E-state index contributed by atoms with van der Waals surface area (Å²) in [5.74, 6) is 0.876. The highest BCUT2D eigenvalue weighted by Gasteiger charge is 2.04. The lowest BCUT2D eigenvalue weighted by molar-refractivity contribution is 0.414. The van der Waals surface area contributed by atoms with Crippen LogP contribution < -0.4 is 15.6 Å². The van der Waals surface area contributed by atoms with Gasteiger partial charge in [-0.15, -0.1) is 0 Å². The van der Waals surface area contributed by atoms with Crippen molar-refractivity contribution in [3.8, 4) is 17.0 Å². The highest BCUT2D eigenvalue weighted by Crippen LogP contribution is 2.17. The Hall–Kier alpha value is -3.15. The minimum atomic E-state index is -0.327. The van der Waals surface area contributed by atoms with Crippen LogP contribution in [0.3, 0.4) is 0 Å². The Balaban J connectivity index is 1.68. The number of benzene rings is 2. The molecule has 2 N–H and O–H groups in total. The molecule has 0 unspecified atom stereocenters. The molecule has 1 heterocycles. The van der Waals surface area contributed by atoms with Crippen molar-refractivity contribution in [2.75, 3.05) is 19.0 Å². The van der Waals surface area contributed by atoms with Crippen LogP contribution in [-0.2, 0) is 6.42 Å². The lowest BCUT2D eigenvalue weighted by Crippen LogP contribution is -2.14. The predicted molar refractivity (Wildman–Crippen MR) is 95.4 cm³/mol. The fourth-order valence-corrected chi connectivity index (χ4v) is 2.43. The van der Waals surface area contributed by atoms with Crippen LogP contribution in [0.15, 0.2) is 59.4 Å². The van der Waals surface area contributed by atoms with Gasteiger partial charge in [-0.25, -0.2) is 9.37 Å². The van der Waals surface area contributed by atoms with Gasteiger partial charge in [0.25, 0.3) is 5.56 Å². The Kier molecular flexibility index (Phi) is 5.09. The van der Waals surface area contributed by atoms with E-state index in [0.29, 0.717) is 23.8 Å². The number of aromatic amines is 1. The van der Waals surface area contributed by atoms with E-state index < -0.39 is 0 Å². The Morgan fingerprint density at radius 1 is 1.12 bits per heavy atom. The standard InChI is InChI=1S/C19H18FN3O2/c1-25-16-8-2-13(3-9-16)10-11-21-19-22-17(12-18(24)23-19)14-4-6-15(20)7-5-14/h2-9,12H,10-11H2,1H3,(H2,21,22,23,24). The molecule has 0 spiro atoms. The Morgan fingerprint density at radius 2 is 1.84 bits per heavy atom. The average Bonchev–Trinajstić information content (AvgIpc) is 2.62. The molecule has 0 fully saturated rings. The monoisotopic (exact) mass is 339 g/mol. The van der Waals surface area contributed by atoms with Gasteiger partial charge >= 0.3 is 0 Å². The summed E-state index contributed by atoms with van der Waals surface area (Å²) in [6, 6.07) is 15.1. The molecule has 0 aliphatic carbocycles. The van der Waals surface area contributed by atoms with E-state index in [0.717, 1.165) is 17.7 Å². The summed E-state index contributed by atoms with van der Waals surface area (Å²) in [6.45, 7) is 0.613. The van der Waals surface area contributed by atoms with E-state index in [1.54, 1.807) is 19.2 Å². The van der Waals surface area contributed by atoms with Crippen molar-refractivity contribution in [1.82, 2.24) is 9.97 Å². The largest absolute Gasteiger partial charge is 0.497 e. The van der Waals surface area contributed by atoms with E-state index >= 15 is 0 Å². The molecule has 0 radical (unpaired) electrons. The fourth-order valence-electron chi connectivity index (χ4n) is 2.43. The third kappa shape index (κ3) is 4.44. The highest BCUT2D eigenvalue weighted by molar-refractivity contribution is 5.59. The lowest BCUT2D eigenvalue weighted by atomic mass is 10.1. The van der Waals surface area contributed by atoms with Crippen molar-refractivity contribution in [1.29, 1.82) is 0 Å². The Bertz CT molecular complexity index is 890. The van der Waals surface area contributed by atoms with Gasteiger partial charge in [-0.05, 0) is 48.4 Å². The summed E-state index contributed by atoms with van der Waals surface area (Å²) in [4.78, 5) is 18.9. The van der Waals surface area contributed by atoms with Gasteiger partial charge in [0, 0.05) is 18.2 Å². The summed E-state index contributed by atoms with van der Waals surface area (Å²) >= 11 is 0. The topological polar surface area (TPSA) is 67.0 Å². The second-order valence-electron chi connectivity index (χ2n) is 5.51. The molecule has 0 bridgehead atoms.